The smallest absolute Gasteiger partial charge is 0.249 e. The van der Waals surface area contributed by atoms with E-state index in [-0.39, 0.29) is 17.7 Å². The van der Waals surface area contributed by atoms with E-state index in [9.17, 15) is 9.59 Å². The molecule has 0 unspecified atom stereocenters. The van der Waals surface area contributed by atoms with Gasteiger partial charge in [0.2, 0.25) is 11.8 Å². The minimum absolute atomic E-state index is 0.00336. The molecule has 0 radical (unpaired) electrons. The molecule has 128 valence electrons. The van der Waals surface area contributed by atoms with Crippen molar-refractivity contribution in [3.8, 4) is 11.1 Å². The third kappa shape index (κ3) is 2.93. The summed E-state index contributed by atoms with van der Waals surface area (Å²) in [6, 6.07) is 17.7. The van der Waals surface area contributed by atoms with Crippen molar-refractivity contribution in [2.75, 3.05) is 18.0 Å². The topological polar surface area (TPSA) is 40.6 Å². The fraction of sp³-hybridized carbons (Fsp3) is 0.333. The van der Waals surface area contributed by atoms with E-state index >= 15 is 0 Å². The third-order valence-corrected chi connectivity index (χ3v) is 5.14. The van der Waals surface area contributed by atoms with Crippen molar-refractivity contribution in [2.45, 2.75) is 25.8 Å². The first-order valence-electron chi connectivity index (χ1n) is 8.93. The molecule has 4 rings (SSSR count). The van der Waals surface area contributed by atoms with Gasteiger partial charge in [-0.1, -0.05) is 48.5 Å². The monoisotopic (exact) mass is 334 g/mol. The van der Waals surface area contributed by atoms with Crippen molar-refractivity contribution < 1.29 is 9.59 Å². The highest BCUT2D eigenvalue weighted by molar-refractivity contribution is 6.03. The van der Waals surface area contributed by atoms with Crippen LogP contribution < -0.4 is 4.90 Å². The summed E-state index contributed by atoms with van der Waals surface area (Å²) in [5.41, 5.74) is 3.06. The molecular formula is C21H22N2O2. The molecule has 25 heavy (non-hydrogen) atoms. The molecule has 0 N–H and O–H groups in total. The van der Waals surface area contributed by atoms with Crippen LogP contribution in [0.25, 0.3) is 11.1 Å². The highest BCUT2D eigenvalue weighted by atomic mass is 16.2. The molecule has 1 aliphatic carbocycles. The van der Waals surface area contributed by atoms with Crippen LogP contribution in [-0.2, 0) is 9.59 Å². The van der Waals surface area contributed by atoms with E-state index in [2.05, 4.69) is 12.1 Å². The predicted molar refractivity (Wildman–Crippen MR) is 98.1 cm³/mol. The van der Waals surface area contributed by atoms with E-state index in [1.807, 2.05) is 54.3 Å². The zero-order valence-corrected chi connectivity index (χ0v) is 14.4. The molecule has 2 aliphatic rings. The summed E-state index contributed by atoms with van der Waals surface area (Å²) in [6.07, 6.45) is 1.94. The number of rotatable bonds is 3. The summed E-state index contributed by atoms with van der Waals surface area (Å²) in [6.45, 7) is 3.00. The Balaban J connectivity index is 1.63. The Morgan fingerprint density at radius 3 is 2.36 bits per heavy atom. The van der Waals surface area contributed by atoms with Crippen molar-refractivity contribution in [3.63, 3.8) is 0 Å². The van der Waals surface area contributed by atoms with Crippen molar-refractivity contribution in [3.05, 3.63) is 54.6 Å². The number of amides is 2. The lowest BCUT2D eigenvalue weighted by Crippen LogP contribution is -2.58. The Bertz CT molecular complexity index is 799. The zero-order valence-electron chi connectivity index (χ0n) is 14.4. The van der Waals surface area contributed by atoms with Crippen molar-refractivity contribution in [1.29, 1.82) is 0 Å². The van der Waals surface area contributed by atoms with E-state index in [1.54, 1.807) is 4.90 Å². The van der Waals surface area contributed by atoms with Crippen LogP contribution in [0.4, 0.5) is 5.69 Å². The lowest BCUT2D eigenvalue weighted by molar-refractivity contribution is -0.141. The highest BCUT2D eigenvalue weighted by Gasteiger charge is 2.41. The van der Waals surface area contributed by atoms with Crippen LogP contribution in [0.3, 0.4) is 0 Å². The van der Waals surface area contributed by atoms with Gasteiger partial charge in [0, 0.05) is 24.6 Å². The number of carbonyl (C=O) groups excluding carboxylic acids is 2. The summed E-state index contributed by atoms with van der Waals surface area (Å²) in [5.74, 6) is 0.305. The second kappa shape index (κ2) is 6.36. The minimum Gasteiger partial charge on any atom is -0.329 e. The Labute approximate surface area is 148 Å². The largest absolute Gasteiger partial charge is 0.329 e. The van der Waals surface area contributed by atoms with E-state index in [0.717, 1.165) is 29.7 Å². The number of para-hydroxylation sites is 1. The normalized spacial score (nSPS) is 20.7. The van der Waals surface area contributed by atoms with Crippen LogP contribution in [-0.4, -0.2) is 35.8 Å². The summed E-state index contributed by atoms with van der Waals surface area (Å²) >= 11 is 0. The first kappa shape index (κ1) is 15.9. The average Bonchev–Trinajstić information content (AvgIpc) is 3.49. The lowest BCUT2D eigenvalue weighted by Gasteiger charge is -2.40. The number of benzene rings is 2. The Morgan fingerprint density at radius 2 is 1.64 bits per heavy atom. The van der Waals surface area contributed by atoms with Gasteiger partial charge in [-0.3, -0.25) is 9.59 Å². The molecule has 2 aromatic rings. The van der Waals surface area contributed by atoms with Crippen molar-refractivity contribution in [1.82, 2.24) is 4.90 Å². The second-order valence-electron chi connectivity index (χ2n) is 6.85. The quantitative estimate of drug-likeness (QED) is 0.864. The minimum atomic E-state index is -0.398. The predicted octanol–water partition coefficient (Wildman–Crippen LogP) is 3.33. The molecule has 1 atom stereocenters. The molecule has 1 saturated heterocycles. The molecule has 4 nitrogen and oxygen atoms in total. The molecule has 0 bridgehead atoms. The van der Waals surface area contributed by atoms with E-state index in [0.29, 0.717) is 13.1 Å². The first-order valence-corrected chi connectivity index (χ1v) is 8.93. The van der Waals surface area contributed by atoms with Gasteiger partial charge in [-0.25, -0.2) is 0 Å². The van der Waals surface area contributed by atoms with E-state index in [1.165, 1.54) is 0 Å². The van der Waals surface area contributed by atoms with E-state index in [4.69, 9.17) is 0 Å². The van der Waals surface area contributed by atoms with Crippen LogP contribution in [0.5, 0.6) is 0 Å². The molecule has 0 aromatic heterocycles. The van der Waals surface area contributed by atoms with Gasteiger partial charge in [-0.05, 0) is 31.4 Å². The molecule has 1 saturated carbocycles. The highest BCUT2D eigenvalue weighted by Crippen LogP contribution is 2.35. The van der Waals surface area contributed by atoms with Gasteiger partial charge in [0.1, 0.15) is 6.04 Å². The summed E-state index contributed by atoms with van der Waals surface area (Å²) in [7, 11) is 0. The van der Waals surface area contributed by atoms with Gasteiger partial charge in [-0.15, -0.1) is 0 Å². The molecule has 4 heteroatoms. The van der Waals surface area contributed by atoms with Crippen LogP contribution >= 0.6 is 0 Å². The van der Waals surface area contributed by atoms with Gasteiger partial charge in [0.15, 0.2) is 0 Å². The summed E-state index contributed by atoms with van der Waals surface area (Å²) in [4.78, 5) is 29.0. The number of anilines is 1. The van der Waals surface area contributed by atoms with Gasteiger partial charge < -0.3 is 9.80 Å². The fourth-order valence-electron chi connectivity index (χ4n) is 3.55. The van der Waals surface area contributed by atoms with Crippen molar-refractivity contribution in [2.24, 2.45) is 5.92 Å². The number of nitrogens with zero attached hydrogens (tertiary/aromatic N) is 2. The zero-order chi connectivity index (χ0) is 17.4. The number of carbonyl (C=O) groups is 2. The molecular weight excluding hydrogens is 312 g/mol. The third-order valence-electron chi connectivity index (χ3n) is 5.14. The van der Waals surface area contributed by atoms with Crippen LogP contribution in [0.1, 0.15) is 19.8 Å². The molecule has 1 aliphatic heterocycles. The first-order chi connectivity index (χ1) is 12.2. The molecule has 2 amide bonds. The number of hydrogen-bond acceptors (Lipinski definition) is 2. The number of hydrogen-bond donors (Lipinski definition) is 0. The van der Waals surface area contributed by atoms with Gasteiger partial charge in [-0.2, -0.15) is 0 Å². The van der Waals surface area contributed by atoms with Crippen LogP contribution in [0.15, 0.2) is 54.6 Å². The maximum Gasteiger partial charge on any atom is 0.249 e. The summed E-state index contributed by atoms with van der Waals surface area (Å²) in [5, 5.41) is 0. The maximum absolute atomic E-state index is 13.0. The van der Waals surface area contributed by atoms with Crippen molar-refractivity contribution >= 4 is 17.5 Å². The van der Waals surface area contributed by atoms with Gasteiger partial charge >= 0.3 is 0 Å². The SMILES string of the molecule is C[C@H]1C(=O)N(c2ccccc2-c2ccccc2)CCN1C(=O)C1CC1. The molecule has 2 aromatic carbocycles. The second-order valence-corrected chi connectivity index (χ2v) is 6.85. The summed E-state index contributed by atoms with van der Waals surface area (Å²) < 4.78 is 0. The van der Waals surface area contributed by atoms with Crippen LogP contribution in [0, 0.1) is 5.92 Å². The lowest BCUT2D eigenvalue weighted by atomic mass is 10.0. The van der Waals surface area contributed by atoms with Gasteiger partial charge in [0.25, 0.3) is 0 Å². The maximum atomic E-state index is 13.0. The molecule has 1 heterocycles. The average molecular weight is 334 g/mol. The van der Waals surface area contributed by atoms with Gasteiger partial charge in [0.05, 0.1) is 5.69 Å². The Morgan fingerprint density at radius 1 is 0.960 bits per heavy atom. The molecule has 2 fully saturated rings. The number of piperazine rings is 1. The fourth-order valence-corrected chi connectivity index (χ4v) is 3.55. The Kier molecular flexibility index (Phi) is 4.04. The molecule has 0 spiro atoms. The van der Waals surface area contributed by atoms with E-state index < -0.39 is 6.04 Å². The standard InChI is InChI=1S/C21H22N2O2/c1-15-20(24)23(14-13-22(15)21(25)17-11-12-17)19-10-6-5-9-18(19)16-7-3-2-4-8-16/h2-10,15,17H,11-14H2,1H3/t15-/m0/s1. The Hall–Kier alpha value is -2.62. The van der Waals surface area contributed by atoms with Crippen LogP contribution in [0.2, 0.25) is 0 Å².